The van der Waals surface area contributed by atoms with E-state index in [9.17, 15) is 23.1 Å². The van der Waals surface area contributed by atoms with Crippen LogP contribution in [0.3, 0.4) is 0 Å². The van der Waals surface area contributed by atoms with E-state index >= 15 is 0 Å². The van der Waals surface area contributed by atoms with Crippen molar-refractivity contribution in [2.24, 2.45) is 0 Å². The smallest absolute Gasteiger partial charge is 0.433 e. The Labute approximate surface area is 242 Å². The zero-order valence-corrected chi connectivity index (χ0v) is 23.5. The third-order valence-electron chi connectivity index (χ3n) is 8.06. The molecule has 1 saturated heterocycles. The van der Waals surface area contributed by atoms with Gasteiger partial charge in [0.15, 0.2) is 5.69 Å². The number of piperazine rings is 1. The molecule has 3 heterocycles. The van der Waals surface area contributed by atoms with Gasteiger partial charge in [0.25, 0.3) is 5.91 Å². The van der Waals surface area contributed by atoms with Gasteiger partial charge in [0, 0.05) is 50.8 Å². The highest BCUT2D eigenvalue weighted by Gasteiger charge is 2.42. The number of hydrogen-bond donors (Lipinski definition) is 2. The summed E-state index contributed by atoms with van der Waals surface area (Å²) < 4.78 is 52.0. The fourth-order valence-corrected chi connectivity index (χ4v) is 6.03. The number of halogens is 3. The molecule has 3 atom stereocenters. The van der Waals surface area contributed by atoms with Gasteiger partial charge in [-0.2, -0.15) is 13.2 Å². The first-order valence-corrected chi connectivity index (χ1v) is 14.2. The largest absolute Gasteiger partial charge is 0.478 e. The van der Waals surface area contributed by atoms with E-state index in [1.54, 1.807) is 18.3 Å². The Hall–Kier alpha value is -3.48. The van der Waals surface area contributed by atoms with Gasteiger partial charge in [-0.1, -0.05) is 49.2 Å². The molecule has 0 spiro atoms. The van der Waals surface area contributed by atoms with Crippen LogP contribution >= 0.6 is 0 Å². The summed E-state index contributed by atoms with van der Waals surface area (Å²) >= 11 is 0. The maximum atomic E-state index is 14.1. The van der Waals surface area contributed by atoms with Gasteiger partial charge in [0.05, 0.1) is 31.3 Å². The van der Waals surface area contributed by atoms with E-state index in [0.717, 1.165) is 30.9 Å². The van der Waals surface area contributed by atoms with Crippen molar-refractivity contribution in [2.75, 3.05) is 40.0 Å². The second kappa shape index (κ2) is 12.8. The minimum Gasteiger partial charge on any atom is -0.478 e. The van der Waals surface area contributed by atoms with Gasteiger partial charge in [-0.15, -0.1) is 0 Å². The Balaban J connectivity index is 1.39. The summed E-state index contributed by atoms with van der Waals surface area (Å²) in [5.41, 5.74) is -0.364. The van der Waals surface area contributed by atoms with Crippen LogP contribution in [0.2, 0.25) is 0 Å². The SMILES string of the molecule is COC[C@]1(O)CCCC[C@H]1n1cnc(C(=O)N2CCNC[C@H]2CCOc2cccc(C(F)(F)F)n2)c1-c1ccccc1. The zero-order valence-electron chi connectivity index (χ0n) is 23.5. The molecular weight excluding hydrogens is 551 g/mol. The molecule has 1 aliphatic carbocycles. The van der Waals surface area contributed by atoms with E-state index in [-0.39, 0.29) is 37.1 Å². The Bertz CT molecular complexity index is 1350. The average Bonchev–Trinajstić information content (AvgIpc) is 3.42. The molecule has 5 rings (SSSR count). The van der Waals surface area contributed by atoms with Gasteiger partial charge in [-0.25, -0.2) is 9.97 Å². The predicted molar refractivity (Wildman–Crippen MR) is 149 cm³/mol. The number of benzene rings is 1. The van der Waals surface area contributed by atoms with Crippen LogP contribution in [-0.4, -0.2) is 82.0 Å². The number of aromatic nitrogens is 3. The van der Waals surface area contributed by atoms with Gasteiger partial charge >= 0.3 is 6.18 Å². The van der Waals surface area contributed by atoms with Crippen LogP contribution in [0.4, 0.5) is 13.2 Å². The first kappa shape index (κ1) is 30.0. The third-order valence-corrected chi connectivity index (χ3v) is 8.06. The van der Waals surface area contributed by atoms with Crippen LogP contribution in [0.25, 0.3) is 11.3 Å². The molecule has 0 radical (unpaired) electrons. The highest BCUT2D eigenvalue weighted by atomic mass is 19.4. The molecule has 1 amide bonds. The lowest BCUT2D eigenvalue weighted by Gasteiger charge is -2.41. The Morgan fingerprint density at radius 2 is 1.98 bits per heavy atom. The van der Waals surface area contributed by atoms with E-state index in [0.29, 0.717) is 43.9 Å². The molecule has 1 aromatic carbocycles. The predicted octanol–water partition coefficient (Wildman–Crippen LogP) is 4.34. The molecular formula is C30H36F3N5O4. The monoisotopic (exact) mass is 587 g/mol. The molecule has 9 nitrogen and oxygen atoms in total. The topological polar surface area (TPSA) is 102 Å². The number of alkyl halides is 3. The molecule has 1 saturated carbocycles. The van der Waals surface area contributed by atoms with Crippen molar-refractivity contribution in [3.8, 4) is 17.1 Å². The normalized spacial score (nSPS) is 23.1. The summed E-state index contributed by atoms with van der Waals surface area (Å²) in [4.78, 5) is 24.1. The highest BCUT2D eigenvalue weighted by molar-refractivity contribution is 5.98. The summed E-state index contributed by atoms with van der Waals surface area (Å²) in [6, 6.07) is 12.5. The maximum absolute atomic E-state index is 14.1. The lowest BCUT2D eigenvalue weighted by molar-refractivity contribution is -0.141. The van der Waals surface area contributed by atoms with Crippen molar-refractivity contribution in [3.05, 3.63) is 66.2 Å². The van der Waals surface area contributed by atoms with E-state index in [4.69, 9.17) is 9.47 Å². The minimum atomic E-state index is -4.56. The van der Waals surface area contributed by atoms with E-state index < -0.39 is 17.5 Å². The van der Waals surface area contributed by atoms with Crippen molar-refractivity contribution in [1.29, 1.82) is 0 Å². The molecule has 42 heavy (non-hydrogen) atoms. The fourth-order valence-electron chi connectivity index (χ4n) is 6.03. The van der Waals surface area contributed by atoms with Crippen LogP contribution < -0.4 is 10.1 Å². The lowest BCUT2D eigenvalue weighted by Crippen LogP contribution is -2.54. The summed E-state index contributed by atoms with van der Waals surface area (Å²) in [7, 11) is 1.57. The fraction of sp³-hybridized carbons (Fsp3) is 0.500. The lowest BCUT2D eigenvalue weighted by atomic mass is 9.80. The molecule has 0 unspecified atom stereocenters. The van der Waals surface area contributed by atoms with Gasteiger partial charge in [-0.05, 0) is 18.9 Å². The minimum absolute atomic E-state index is 0.0799. The third kappa shape index (κ3) is 6.45. The number of aliphatic hydroxyl groups is 1. The summed E-state index contributed by atoms with van der Waals surface area (Å²) in [5, 5.41) is 14.9. The van der Waals surface area contributed by atoms with E-state index in [1.807, 2.05) is 34.9 Å². The molecule has 12 heteroatoms. The number of hydrogen-bond acceptors (Lipinski definition) is 7. The van der Waals surface area contributed by atoms with Crippen LogP contribution in [0.5, 0.6) is 5.88 Å². The van der Waals surface area contributed by atoms with Gasteiger partial charge < -0.3 is 29.4 Å². The number of carbonyl (C=O) groups is 1. The molecule has 1 aliphatic heterocycles. The van der Waals surface area contributed by atoms with Gasteiger partial charge in [0.1, 0.15) is 11.3 Å². The molecule has 2 N–H and O–H groups in total. The Morgan fingerprint density at radius 1 is 1.17 bits per heavy atom. The number of nitrogens with one attached hydrogen (secondary N) is 1. The second-order valence-electron chi connectivity index (χ2n) is 10.9. The maximum Gasteiger partial charge on any atom is 0.433 e. The standard InChI is InChI=1S/C30H36F3N5O4/c1-41-19-29(40)14-6-5-11-24(29)38-20-35-26(27(38)21-8-3-2-4-9-21)28(39)37-16-15-34-18-22(37)13-17-42-25-12-7-10-23(36-25)30(31,32)33/h2-4,7-10,12,20,22,24,34,40H,5-6,11,13-19H2,1H3/t22-,24-,29-/m1/s1. The number of pyridine rings is 1. The van der Waals surface area contributed by atoms with E-state index in [1.165, 1.54) is 12.1 Å². The van der Waals surface area contributed by atoms with Crippen molar-refractivity contribution in [1.82, 2.24) is 24.8 Å². The first-order chi connectivity index (χ1) is 20.2. The summed E-state index contributed by atoms with van der Waals surface area (Å²) in [5.74, 6) is -0.366. The van der Waals surface area contributed by atoms with Crippen LogP contribution in [-0.2, 0) is 10.9 Å². The average molecular weight is 588 g/mol. The highest BCUT2D eigenvalue weighted by Crippen LogP contribution is 2.41. The Kier molecular flexibility index (Phi) is 9.14. The summed E-state index contributed by atoms with van der Waals surface area (Å²) in [6.45, 7) is 1.78. The first-order valence-electron chi connectivity index (χ1n) is 14.2. The van der Waals surface area contributed by atoms with Crippen molar-refractivity contribution in [2.45, 2.75) is 56.0 Å². The zero-order chi connectivity index (χ0) is 29.7. The summed E-state index contributed by atoms with van der Waals surface area (Å²) in [6.07, 6.45) is 0.598. The number of nitrogens with zero attached hydrogens (tertiary/aromatic N) is 4. The molecule has 2 aliphatic rings. The molecule has 2 aromatic heterocycles. The number of amides is 1. The number of carbonyl (C=O) groups excluding carboxylic acids is 1. The molecule has 226 valence electrons. The van der Waals surface area contributed by atoms with Crippen molar-refractivity contribution >= 4 is 5.91 Å². The van der Waals surface area contributed by atoms with Gasteiger partial charge in [0.2, 0.25) is 5.88 Å². The van der Waals surface area contributed by atoms with Gasteiger partial charge in [-0.3, -0.25) is 4.79 Å². The van der Waals surface area contributed by atoms with E-state index in [2.05, 4.69) is 15.3 Å². The van der Waals surface area contributed by atoms with Crippen LogP contribution in [0.15, 0.2) is 54.9 Å². The Morgan fingerprint density at radius 3 is 2.74 bits per heavy atom. The van der Waals surface area contributed by atoms with Crippen LogP contribution in [0, 0.1) is 0 Å². The van der Waals surface area contributed by atoms with Crippen LogP contribution in [0.1, 0.15) is 54.3 Å². The number of methoxy groups -OCH3 is 1. The van der Waals surface area contributed by atoms with Crippen molar-refractivity contribution < 1.29 is 32.5 Å². The molecule has 3 aromatic rings. The van der Waals surface area contributed by atoms with Crippen molar-refractivity contribution in [3.63, 3.8) is 0 Å². The number of ether oxygens (including phenoxy) is 2. The molecule has 0 bridgehead atoms. The quantitative estimate of drug-likeness (QED) is 0.384. The number of rotatable bonds is 9. The number of imidazole rings is 1. The second-order valence-corrected chi connectivity index (χ2v) is 10.9. The molecule has 2 fully saturated rings.